The van der Waals surface area contributed by atoms with Crippen LogP contribution in [0.3, 0.4) is 0 Å². The minimum Gasteiger partial charge on any atom is -0.508 e. The van der Waals surface area contributed by atoms with Crippen molar-refractivity contribution in [3.8, 4) is 11.5 Å². The normalized spacial score (nSPS) is 19.0. The number of piperazine rings is 1. The predicted octanol–water partition coefficient (Wildman–Crippen LogP) is 4.04. The second-order valence-electron chi connectivity index (χ2n) is 9.72. The molecule has 5 rings (SSSR count). The molecule has 0 spiro atoms. The average molecular weight is 461 g/mol. The summed E-state index contributed by atoms with van der Waals surface area (Å²) in [6.07, 6.45) is 6.25. The fraction of sp³-hybridized carbons (Fsp3) is 0.464. The summed E-state index contributed by atoms with van der Waals surface area (Å²) in [6.45, 7) is 9.65. The highest BCUT2D eigenvalue weighted by Crippen LogP contribution is 2.32. The number of aromatic hydroxyl groups is 2. The Kier molecular flexibility index (Phi) is 6.88. The molecule has 1 aliphatic carbocycles. The van der Waals surface area contributed by atoms with Crippen molar-refractivity contribution in [1.82, 2.24) is 14.8 Å². The van der Waals surface area contributed by atoms with E-state index in [9.17, 15) is 10.2 Å². The van der Waals surface area contributed by atoms with E-state index in [2.05, 4.69) is 38.7 Å². The van der Waals surface area contributed by atoms with Gasteiger partial charge in [-0.3, -0.25) is 14.8 Å². The van der Waals surface area contributed by atoms with Crippen LogP contribution in [0.5, 0.6) is 11.5 Å². The molecule has 0 saturated carbocycles. The monoisotopic (exact) mass is 460 g/mol. The maximum Gasteiger partial charge on any atom is 0.141 e. The lowest BCUT2D eigenvalue weighted by Crippen LogP contribution is -2.50. The summed E-state index contributed by atoms with van der Waals surface area (Å²) in [5.41, 5.74) is 4.57. The van der Waals surface area contributed by atoms with E-state index < -0.39 is 0 Å². The highest BCUT2D eigenvalue weighted by atomic mass is 16.3. The van der Waals surface area contributed by atoms with E-state index in [1.54, 1.807) is 12.3 Å². The second-order valence-corrected chi connectivity index (χ2v) is 9.72. The molecule has 1 aliphatic heterocycles. The fourth-order valence-electron chi connectivity index (χ4n) is 5.70. The molecule has 1 atom stereocenters. The highest BCUT2D eigenvalue weighted by molar-refractivity contribution is 5.95. The first-order valence-electron chi connectivity index (χ1n) is 12.7. The fourth-order valence-corrected chi connectivity index (χ4v) is 5.70. The third-order valence-corrected chi connectivity index (χ3v) is 7.56. The largest absolute Gasteiger partial charge is 0.508 e. The first-order valence-corrected chi connectivity index (χ1v) is 12.7. The summed E-state index contributed by atoms with van der Waals surface area (Å²) in [5, 5.41) is 21.1. The third-order valence-electron chi connectivity index (χ3n) is 7.56. The highest BCUT2D eigenvalue weighted by Gasteiger charge is 2.25. The van der Waals surface area contributed by atoms with Gasteiger partial charge < -0.3 is 15.1 Å². The van der Waals surface area contributed by atoms with Crippen LogP contribution in [0.2, 0.25) is 0 Å². The Bertz CT molecular complexity index is 1130. The molecule has 1 unspecified atom stereocenters. The van der Waals surface area contributed by atoms with Crippen molar-refractivity contribution in [2.24, 2.45) is 0 Å². The van der Waals surface area contributed by atoms with Gasteiger partial charge in [0.15, 0.2) is 0 Å². The number of aromatic nitrogens is 1. The number of hydrogen-bond donors (Lipinski definition) is 2. The Labute approximate surface area is 202 Å². The van der Waals surface area contributed by atoms with Crippen LogP contribution in [0.4, 0.5) is 5.69 Å². The van der Waals surface area contributed by atoms with E-state index in [4.69, 9.17) is 0 Å². The van der Waals surface area contributed by atoms with Gasteiger partial charge in [0.05, 0.1) is 0 Å². The number of hydrogen-bond acceptors (Lipinski definition) is 6. The van der Waals surface area contributed by atoms with E-state index in [0.29, 0.717) is 17.3 Å². The van der Waals surface area contributed by atoms with Crippen molar-refractivity contribution in [3.63, 3.8) is 0 Å². The number of anilines is 1. The smallest absolute Gasteiger partial charge is 0.141 e. The number of aryl methyl sites for hydroxylation is 1. The number of phenols is 2. The number of benzene rings is 2. The number of nitrogens with zero attached hydrogens (tertiary/aromatic N) is 4. The quantitative estimate of drug-likeness (QED) is 0.555. The Hall–Kier alpha value is -2.83. The molecule has 0 radical (unpaired) electrons. The van der Waals surface area contributed by atoms with E-state index in [1.807, 2.05) is 24.3 Å². The zero-order valence-corrected chi connectivity index (χ0v) is 20.2. The van der Waals surface area contributed by atoms with Gasteiger partial charge in [-0.2, -0.15) is 0 Å². The van der Waals surface area contributed by atoms with Crippen molar-refractivity contribution in [3.05, 3.63) is 59.8 Å². The Morgan fingerprint density at radius 3 is 2.68 bits per heavy atom. The number of fused-ring (bicyclic) bond motifs is 2. The minimum atomic E-state index is 0.245. The summed E-state index contributed by atoms with van der Waals surface area (Å²) in [4.78, 5) is 12.1. The second kappa shape index (κ2) is 10.2. The lowest BCUT2D eigenvalue weighted by molar-refractivity contribution is 0.145. The first kappa shape index (κ1) is 22.9. The molecule has 34 heavy (non-hydrogen) atoms. The van der Waals surface area contributed by atoms with E-state index in [-0.39, 0.29) is 5.75 Å². The maximum absolute atomic E-state index is 10.2. The van der Waals surface area contributed by atoms with Crippen molar-refractivity contribution >= 4 is 16.6 Å². The molecule has 1 saturated heterocycles. The lowest BCUT2D eigenvalue weighted by Gasteiger charge is -2.39. The van der Waals surface area contributed by atoms with Gasteiger partial charge in [-0.05, 0) is 79.8 Å². The molecule has 2 aliphatic rings. The van der Waals surface area contributed by atoms with Crippen LogP contribution >= 0.6 is 0 Å². The molecular weight excluding hydrogens is 424 g/mol. The maximum atomic E-state index is 10.2. The van der Waals surface area contributed by atoms with Crippen LogP contribution in [-0.4, -0.2) is 76.9 Å². The van der Waals surface area contributed by atoms with Crippen LogP contribution in [0.25, 0.3) is 10.9 Å². The summed E-state index contributed by atoms with van der Waals surface area (Å²) in [6, 6.07) is 14.2. The average Bonchev–Trinajstić information content (AvgIpc) is 2.87. The van der Waals surface area contributed by atoms with Gasteiger partial charge in [0, 0.05) is 62.6 Å². The molecule has 2 N–H and O–H groups in total. The molecule has 6 heteroatoms. The van der Waals surface area contributed by atoms with Gasteiger partial charge in [0.25, 0.3) is 0 Å². The van der Waals surface area contributed by atoms with Crippen molar-refractivity contribution in [2.45, 2.75) is 38.6 Å². The molecule has 3 aromatic rings. The molecule has 2 aromatic carbocycles. The minimum absolute atomic E-state index is 0.245. The molecule has 1 aromatic heterocycles. The van der Waals surface area contributed by atoms with Crippen LogP contribution in [0, 0.1) is 0 Å². The first-order chi connectivity index (χ1) is 16.6. The zero-order valence-electron chi connectivity index (χ0n) is 20.2. The van der Waals surface area contributed by atoms with Gasteiger partial charge in [-0.15, -0.1) is 0 Å². The lowest BCUT2D eigenvalue weighted by atomic mass is 9.87. The van der Waals surface area contributed by atoms with E-state index in [1.165, 1.54) is 24.0 Å². The van der Waals surface area contributed by atoms with Gasteiger partial charge in [-0.1, -0.05) is 13.0 Å². The molecule has 1 fully saturated rings. The molecule has 0 amide bonds. The molecule has 180 valence electrons. The SMILES string of the molecule is CCCN(CCN1CCN(c2ccc(O)c3ncccc23)CC1)C1CCc2ccc(O)cc2C1. The summed E-state index contributed by atoms with van der Waals surface area (Å²) >= 11 is 0. The topological polar surface area (TPSA) is 63.1 Å². The van der Waals surface area contributed by atoms with Crippen LogP contribution < -0.4 is 4.90 Å². The predicted molar refractivity (Wildman–Crippen MR) is 138 cm³/mol. The van der Waals surface area contributed by atoms with Crippen LogP contribution in [-0.2, 0) is 12.8 Å². The Balaban J connectivity index is 1.18. The summed E-state index contributed by atoms with van der Waals surface area (Å²) in [7, 11) is 0. The van der Waals surface area contributed by atoms with E-state index in [0.717, 1.165) is 69.7 Å². The summed E-state index contributed by atoms with van der Waals surface area (Å²) < 4.78 is 0. The van der Waals surface area contributed by atoms with Crippen molar-refractivity contribution < 1.29 is 10.2 Å². The molecule has 6 nitrogen and oxygen atoms in total. The third kappa shape index (κ3) is 4.84. The molecule has 2 heterocycles. The van der Waals surface area contributed by atoms with Crippen LogP contribution in [0.15, 0.2) is 48.7 Å². The van der Waals surface area contributed by atoms with Crippen LogP contribution in [0.1, 0.15) is 30.9 Å². The van der Waals surface area contributed by atoms with Crippen molar-refractivity contribution in [2.75, 3.05) is 50.7 Å². The Morgan fingerprint density at radius 1 is 1.00 bits per heavy atom. The van der Waals surface area contributed by atoms with Crippen molar-refractivity contribution in [1.29, 1.82) is 0 Å². The zero-order chi connectivity index (χ0) is 23.5. The summed E-state index contributed by atoms with van der Waals surface area (Å²) in [5.74, 6) is 0.631. The Morgan fingerprint density at radius 2 is 1.85 bits per heavy atom. The number of pyridine rings is 1. The molecular formula is C28H36N4O2. The van der Waals surface area contributed by atoms with Gasteiger partial charge in [0.2, 0.25) is 0 Å². The standard InChI is InChI=1S/C28H36N4O2/c1-2-12-31(23-7-5-21-6-8-24(33)20-22(21)19-23)16-13-30-14-17-32(18-15-30)26-9-10-27(34)28-25(26)4-3-11-29-28/h3-4,6,8-11,20,23,33-34H,2,5,7,12-19H2,1H3. The number of rotatable bonds is 7. The van der Waals surface area contributed by atoms with E-state index >= 15 is 0 Å². The van der Waals surface area contributed by atoms with Gasteiger partial charge in [-0.25, -0.2) is 0 Å². The van der Waals surface area contributed by atoms with Gasteiger partial charge >= 0.3 is 0 Å². The molecule has 0 bridgehead atoms. The number of phenolic OH excluding ortho intramolecular Hbond substituents is 2. The van der Waals surface area contributed by atoms with Gasteiger partial charge in [0.1, 0.15) is 17.0 Å².